The number of methoxy groups -OCH3 is 1. The van der Waals surface area contributed by atoms with Gasteiger partial charge in [0.25, 0.3) is 0 Å². The fourth-order valence-corrected chi connectivity index (χ4v) is 5.39. The number of amides is 1. The van der Waals surface area contributed by atoms with Crippen LogP contribution >= 0.6 is 0 Å². The van der Waals surface area contributed by atoms with Crippen molar-refractivity contribution in [3.05, 3.63) is 119 Å². The molecule has 0 aliphatic carbocycles. The van der Waals surface area contributed by atoms with E-state index in [1.54, 1.807) is 62.9 Å². The summed E-state index contributed by atoms with van der Waals surface area (Å²) in [5.74, 6) is -0.584. The second-order valence-corrected chi connectivity index (χ2v) is 10.6. The third-order valence-electron chi connectivity index (χ3n) is 7.62. The van der Waals surface area contributed by atoms with E-state index in [1.165, 1.54) is 34.9 Å². The van der Waals surface area contributed by atoms with Crippen LogP contribution < -0.4 is 0 Å². The van der Waals surface area contributed by atoms with Gasteiger partial charge in [-0.15, -0.1) is 0 Å². The molecule has 3 aromatic carbocycles. The summed E-state index contributed by atoms with van der Waals surface area (Å²) < 4.78 is 22.2. The summed E-state index contributed by atoms with van der Waals surface area (Å²) in [6.07, 6.45) is 4.91. The van der Waals surface area contributed by atoms with E-state index in [1.807, 2.05) is 25.1 Å². The van der Waals surface area contributed by atoms with Gasteiger partial charge in [0.1, 0.15) is 17.2 Å². The number of aromatic nitrogens is 4. The zero-order valence-corrected chi connectivity index (χ0v) is 24.5. The van der Waals surface area contributed by atoms with Crippen LogP contribution in [0.5, 0.6) is 0 Å². The van der Waals surface area contributed by atoms with Gasteiger partial charge in [0.15, 0.2) is 5.78 Å². The Kier molecular flexibility index (Phi) is 7.26. The Labute approximate surface area is 252 Å². The van der Waals surface area contributed by atoms with Crippen LogP contribution in [0.15, 0.2) is 85.3 Å². The Balaban J connectivity index is 1.45. The molecule has 0 radical (unpaired) electrons. The molecule has 0 saturated heterocycles. The van der Waals surface area contributed by atoms with Crippen LogP contribution in [-0.4, -0.2) is 63.0 Å². The Morgan fingerprint density at radius 2 is 1.64 bits per heavy atom. The van der Waals surface area contributed by atoms with Gasteiger partial charge >= 0.3 is 12.0 Å². The largest absolute Gasteiger partial charge is 0.465 e. The van der Waals surface area contributed by atoms with Gasteiger partial charge in [0, 0.05) is 49.5 Å². The van der Waals surface area contributed by atoms with Gasteiger partial charge in [-0.2, -0.15) is 0 Å². The average Bonchev–Trinajstić information content (AvgIpc) is 3.57. The highest BCUT2D eigenvalue weighted by Gasteiger charge is 2.26. The highest BCUT2D eigenvalue weighted by molar-refractivity contribution is 6.22. The first-order chi connectivity index (χ1) is 21.2. The molecule has 0 fully saturated rings. The quantitative estimate of drug-likeness (QED) is 0.172. The first-order valence-corrected chi connectivity index (χ1v) is 13.8. The third-order valence-corrected chi connectivity index (χ3v) is 7.62. The van der Waals surface area contributed by atoms with Crippen LogP contribution in [0.3, 0.4) is 0 Å². The smallest absolute Gasteiger partial charge is 0.338 e. The summed E-state index contributed by atoms with van der Waals surface area (Å²) >= 11 is 0. The number of carbonyl (C=O) groups is 3. The molecule has 6 rings (SSSR count). The molecule has 0 aliphatic rings. The van der Waals surface area contributed by atoms with E-state index in [4.69, 9.17) is 4.74 Å². The molecule has 0 atom stereocenters. The van der Waals surface area contributed by atoms with Crippen LogP contribution in [-0.2, 0) is 11.3 Å². The highest BCUT2D eigenvalue weighted by Crippen LogP contribution is 2.34. The van der Waals surface area contributed by atoms with Crippen molar-refractivity contribution >= 4 is 39.7 Å². The first kappa shape index (κ1) is 28.5. The van der Waals surface area contributed by atoms with Crippen LogP contribution in [0.1, 0.15) is 37.7 Å². The van der Waals surface area contributed by atoms with Crippen LogP contribution in [0.25, 0.3) is 33.1 Å². The molecule has 0 N–H and O–H groups in total. The normalized spacial score (nSPS) is 11.2. The van der Waals surface area contributed by atoms with E-state index < -0.39 is 17.8 Å². The molecule has 0 unspecified atom stereocenters. The monoisotopic (exact) mass is 589 g/mol. The van der Waals surface area contributed by atoms with Crippen molar-refractivity contribution in [1.82, 2.24) is 24.0 Å². The molecular weight excluding hydrogens is 561 g/mol. The zero-order chi connectivity index (χ0) is 31.1. The van der Waals surface area contributed by atoms with Crippen molar-refractivity contribution in [3.63, 3.8) is 0 Å². The minimum Gasteiger partial charge on any atom is -0.465 e. The summed E-state index contributed by atoms with van der Waals surface area (Å²) in [5, 5.41) is 0.293. The fourth-order valence-electron chi connectivity index (χ4n) is 5.39. The predicted molar refractivity (Wildman–Crippen MR) is 164 cm³/mol. The lowest BCUT2D eigenvalue weighted by Crippen LogP contribution is -2.26. The van der Waals surface area contributed by atoms with E-state index in [2.05, 4.69) is 14.5 Å². The van der Waals surface area contributed by atoms with Crippen LogP contribution in [0, 0.1) is 12.7 Å². The van der Waals surface area contributed by atoms with E-state index in [0.29, 0.717) is 34.1 Å². The fraction of sp³-hybridized carbons (Fsp3) is 0.147. The van der Waals surface area contributed by atoms with Gasteiger partial charge in [0.2, 0.25) is 0 Å². The van der Waals surface area contributed by atoms with Gasteiger partial charge in [-0.05, 0) is 53.9 Å². The van der Waals surface area contributed by atoms with Gasteiger partial charge < -0.3 is 14.2 Å². The van der Waals surface area contributed by atoms with Gasteiger partial charge in [0.05, 0.1) is 29.9 Å². The van der Waals surface area contributed by atoms with E-state index in [-0.39, 0.29) is 16.9 Å². The highest BCUT2D eigenvalue weighted by atomic mass is 19.1. The number of hydrogen-bond acceptors (Lipinski definition) is 6. The van der Waals surface area contributed by atoms with Crippen molar-refractivity contribution in [2.75, 3.05) is 21.2 Å². The number of hydrogen-bond donors (Lipinski definition) is 0. The third kappa shape index (κ3) is 5.00. The summed E-state index contributed by atoms with van der Waals surface area (Å²) in [5.41, 5.74) is 4.96. The van der Waals surface area contributed by atoms with Gasteiger partial charge in [-0.1, -0.05) is 36.4 Å². The number of ether oxygens (including phenoxy) is 1. The maximum absolute atomic E-state index is 14.0. The Morgan fingerprint density at radius 3 is 2.32 bits per heavy atom. The molecule has 10 heteroatoms. The van der Waals surface area contributed by atoms with E-state index in [9.17, 15) is 18.8 Å². The van der Waals surface area contributed by atoms with Gasteiger partial charge in [-0.25, -0.2) is 19.0 Å². The van der Waals surface area contributed by atoms with Crippen molar-refractivity contribution in [3.8, 4) is 11.1 Å². The predicted octanol–water partition coefficient (Wildman–Crippen LogP) is 6.10. The zero-order valence-electron chi connectivity index (χ0n) is 24.5. The minimum absolute atomic E-state index is 0.117. The first-order valence-electron chi connectivity index (χ1n) is 13.8. The molecule has 9 nitrogen and oxygen atoms in total. The van der Waals surface area contributed by atoms with Crippen molar-refractivity contribution < 1.29 is 23.5 Å². The standard InChI is InChI=1S/C34H28FN5O4/c1-20-37-28-17-36-14-13-29(28)39(20)18-21-5-7-23(8-6-21)32(41)27-19-40(34(43)38(2)3)30-16-24(22-9-11-25(35)12-10-22)15-26(31(27)30)33(42)44-4/h5-17,19H,18H2,1-4H3. The van der Waals surface area contributed by atoms with Crippen molar-refractivity contribution in [2.45, 2.75) is 13.5 Å². The topological polar surface area (TPSA) is 99.3 Å². The number of pyridine rings is 1. The molecule has 44 heavy (non-hydrogen) atoms. The lowest BCUT2D eigenvalue weighted by molar-refractivity contribution is 0.0603. The van der Waals surface area contributed by atoms with Crippen LogP contribution in [0.4, 0.5) is 9.18 Å². The van der Waals surface area contributed by atoms with Crippen molar-refractivity contribution in [1.29, 1.82) is 0 Å². The molecule has 0 spiro atoms. The number of halogens is 1. The molecule has 0 saturated carbocycles. The number of carbonyl (C=O) groups excluding carboxylic acids is 3. The molecule has 6 aromatic rings. The maximum atomic E-state index is 14.0. The van der Waals surface area contributed by atoms with E-state index >= 15 is 0 Å². The molecule has 220 valence electrons. The number of esters is 1. The molecular formula is C34H28FN5O4. The number of nitrogens with zero attached hydrogens (tertiary/aromatic N) is 5. The minimum atomic E-state index is -0.670. The molecule has 1 amide bonds. The maximum Gasteiger partial charge on any atom is 0.338 e. The second-order valence-electron chi connectivity index (χ2n) is 10.6. The number of rotatable bonds is 6. The summed E-state index contributed by atoms with van der Waals surface area (Å²) in [6, 6.07) is 17.8. The molecule has 3 heterocycles. The van der Waals surface area contributed by atoms with Crippen molar-refractivity contribution in [2.24, 2.45) is 0 Å². The van der Waals surface area contributed by atoms with E-state index in [0.717, 1.165) is 22.4 Å². The number of imidazole rings is 1. The SMILES string of the molecule is COC(=O)c1cc(-c2ccc(F)cc2)cc2c1c(C(=O)c1ccc(Cn3c(C)nc4cnccc43)cc1)cn2C(=O)N(C)C. The summed E-state index contributed by atoms with van der Waals surface area (Å²) in [7, 11) is 4.45. The molecule has 0 bridgehead atoms. The summed E-state index contributed by atoms with van der Waals surface area (Å²) in [6.45, 7) is 2.49. The Morgan fingerprint density at radius 1 is 0.909 bits per heavy atom. The average molecular weight is 590 g/mol. The lowest BCUT2D eigenvalue weighted by atomic mass is 9.95. The molecule has 3 aromatic heterocycles. The number of fused-ring (bicyclic) bond motifs is 2. The Hall–Kier alpha value is -5.64. The Bertz CT molecular complexity index is 2080. The van der Waals surface area contributed by atoms with Crippen LogP contribution in [0.2, 0.25) is 0 Å². The molecule has 0 aliphatic heterocycles. The summed E-state index contributed by atoms with van der Waals surface area (Å²) in [4.78, 5) is 50.5. The number of ketones is 1. The number of aryl methyl sites for hydroxylation is 1. The van der Waals surface area contributed by atoms with Gasteiger partial charge in [-0.3, -0.25) is 14.3 Å². The lowest BCUT2D eigenvalue weighted by Gasteiger charge is -2.13. The second kappa shape index (κ2) is 11.2. The number of benzene rings is 3.